The first-order valence-corrected chi connectivity index (χ1v) is 9.16. The predicted octanol–water partition coefficient (Wildman–Crippen LogP) is 0.588. The summed E-state index contributed by atoms with van der Waals surface area (Å²) in [6.07, 6.45) is 5.13. The van der Waals surface area contributed by atoms with Gasteiger partial charge in [-0.05, 0) is 25.0 Å². The molecule has 3 heterocycles. The third-order valence-corrected chi connectivity index (χ3v) is 6.14. The zero-order chi connectivity index (χ0) is 15.9. The van der Waals surface area contributed by atoms with Gasteiger partial charge in [-0.1, -0.05) is 0 Å². The lowest BCUT2D eigenvalue weighted by molar-refractivity contribution is 0.382. The molecule has 1 saturated heterocycles. The Morgan fingerprint density at radius 3 is 2.43 bits per heavy atom. The van der Waals surface area contributed by atoms with E-state index < -0.39 is 10.0 Å². The van der Waals surface area contributed by atoms with Crippen LogP contribution in [0.1, 0.15) is 24.5 Å². The normalized spacial score (nSPS) is 19.9. The van der Waals surface area contributed by atoms with Gasteiger partial charge in [0.15, 0.2) is 10.8 Å². The Morgan fingerprint density at radius 1 is 1.09 bits per heavy atom. The van der Waals surface area contributed by atoms with Crippen molar-refractivity contribution in [2.24, 2.45) is 0 Å². The lowest BCUT2D eigenvalue weighted by atomic mass is 10.2. The second-order valence-electron chi connectivity index (χ2n) is 5.90. The van der Waals surface area contributed by atoms with Gasteiger partial charge < -0.3 is 9.88 Å². The van der Waals surface area contributed by atoms with Gasteiger partial charge in [0.1, 0.15) is 0 Å². The second kappa shape index (κ2) is 5.57. The van der Waals surface area contributed by atoms with Crippen LogP contribution in [0, 0.1) is 0 Å². The van der Waals surface area contributed by atoms with Crippen molar-refractivity contribution in [1.82, 2.24) is 24.5 Å². The minimum absolute atomic E-state index is 0.138. The number of anilines is 1. The molecule has 2 aliphatic rings. The van der Waals surface area contributed by atoms with Gasteiger partial charge in [0.05, 0.1) is 18.2 Å². The zero-order valence-electron chi connectivity index (χ0n) is 12.6. The van der Waals surface area contributed by atoms with Crippen molar-refractivity contribution in [3.05, 3.63) is 30.4 Å². The quantitative estimate of drug-likeness (QED) is 0.879. The molecule has 4 rings (SSSR count). The summed E-state index contributed by atoms with van der Waals surface area (Å²) in [5.41, 5.74) is 1.06. The standard InChI is InChI=1S/C14H18N6O2S/c21-23(22,14-9-15-10-16-14)20-7-5-19(6-8-20)13-4-3-12(17-18-13)11-1-2-11/h3-4,9-11H,1-2,5-8H2,(H,15,16). The zero-order valence-corrected chi connectivity index (χ0v) is 13.4. The Kier molecular flexibility index (Phi) is 3.53. The molecule has 1 aliphatic heterocycles. The van der Waals surface area contributed by atoms with Crippen LogP contribution in [0.4, 0.5) is 5.82 Å². The highest BCUT2D eigenvalue weighted by atomic mass is 32.2. The van der Waals surface area contributed by atoms with Crippen LogP contribution < -0.4 is 4.90 Å². The molecule has 0 aromatic carbocycles. The molecule has 1 aliphatic carbocycles. The molecule has 1 N–H and O–H groups in total. The minimum atomic E-state index is -3.48. The molecule has 2 fully saturated rings. The number of piperazine rings is 1. The summed E-state index contributed by atoms with van der Waals surface area (Å²) in [5.74, 6) is 1.40. The Bertz CT molecular complexity index is 762. The van der Waals surface area contributed by atoms with Crippen LogP contribution >= 0.6 is 0 Å². The molecule has 2 aromatic heterocycles. The molecule has 2 aromatic rings. The fourth-order valence-electron chi connectivity index (χ4n) is 2.78. The molecule has 9 heteroatoms. The van der Waals surface area contributed by atoms with Crippen LogP contribution in [0.3, 0.4) is 0 Å². The molecule has 0 amide bonds. The molecule has 1 saturated carbocycles. The van der Waals surface area contributed by atoms with Crippen LogP contribution in [0.25, 0.3) is 0 Å². The molecule has 8 nitrogen and oxygen atoms in total. The maximum absolute atomic E-state index is 12.4. The van der Waals surface area contributed by atoms with Gasteiger partial charge in [-0.2, -0.15) is 9.40 Å². The van der Waals surface area contributed by atoms with Crippen molar-refractivity contribution in [1.29, 1.82) is 0 Å². The summed E-state index contributed by atoms with van der Waals surface area (Å²) >= 11 is 0. The number of aromatic amines is 1. The largest absolute Gasteiger partial charge is 0.352 e. The van der Waals surface area contributed by atoms with E-state index in [4.69, 9.17) is 0 Å². The first-order valence-electron chi connectivity index (χ1n) is 7.72. The number of hydrogen-bond acceptors (Lipinski definition) is 6. The monoisotopic (exact) mass is 334 g/mol. The first-order chi connectivity index (χ1) is 11.1. The molecule has 23 heavy (non-hydrogen) atoms. The fourth-order valence-corrected chi connectivity index (χ4v) is 4.10. The number of H-pyrrole nitrogens is 1. The van der Waals surface area contributed by atoms with Crippen LogP contribution in [-0.2, 0) is 10.0 Å². The number of nitrogens with zero attached hydrogens (tertiary/aromatic N) is 5. The summed E-state index contributed by atoms with van der Waals surface area (Å²) in [7, 11) is -3.48. The van der Waals surface area contributed by atoms with E-state index in [2.05, 4.69) is 25.1 Å². The van der Waals surface area contributed by atoms with E-state index >= 15 is 0 Å². The van der Waals surface area contributed by atoms with Gasteiger partial charge in [-0.15, -0.1) is 5.10 Å². The summed E-state index contributed by atoms with van der Waals surface area (Å²) in [6, 6.07) is 4.02. The third kappa shape index (κ3) is 2.81. The maximum Gasteiger partial charge on any atom is 0.260 e. The van der Waals surface area contributed by atoms with E-state index in [1.165, 1.54) is 29.7 Å². The van der Waals surface area contributed by atoms with Crippen LogP contribution in [0.15, 0.2) is 29.7 Å². The number of sulfonamides is 1. The molecule has 0 spiro atoms. The van der Waals surface area contributed by atoms with Crippen LogP contribution in [0.2, 0.25) is 0 Å². The summed E-state index contributed by atoms with van der Waals surface area (Å²) in [6.45, 7) is 2.05. The third-order valence-electron chi connectivity index (χ3n) is 4.32. The Labute approximate surface area is 134 Å². The van der Waals surface area contributed by atoms with E-state index in [-0.39, 0.29) is 5.03 Å². The first kappa shape index (κ1) is 14.6. The summed E-state index contributed by atoms with van der Waals surface area (Å²) in [5, 5.41) is 8.72. The molecule has 122 valence electrons. The van der Waals surface area contributed by atoms with Crippen molar-refractivity contribution >= 4 is 15.8 Å². The molecular weight excluding hydrogens is 316 g/mol. The second-order valence-corrected chi connectivity index (χ2v) is 7.80. The lowest BCUT2D eigenvalue weighted by Gasteiger charge is -2.34. The van der Waals surface area contributed by atoms with Crippen molar-refractivity contribution < 1.29 is 8.42 Å². The van der Waals surface area contributed by atoms with Crippen LogP contribution in [0.5, 0.6) is 0 Å². The van der Waals surface area contributed by atoms with E-state index in [1.807, 2.05) is 12.1 Å². The maximum atomic E-state index is 12.4. The van der Waals surface area contributed by atoms with Gasteiger partial charge >= 0.3 is 0 Å². The van der Waals surface area contributed by atoms with Crippen molar-refractivity contribution in [2.75, 3.05) is 31.1 Å². The minimum Gasteiger partial charge on any atom is -0.352 e. The fraction of sp³-hybridized carbons (Fsp3) is 0.500. The van der Waals surface area contributed by atoms with Crippen molar-refractivity contribution in [3.8, 4) is 0 Å². The topological polar surface area (TPSA) is 95.1 Å². The number of imidazole rings is 1. The number of aromatic nitrogens is 4. The molecule has 0 unspecified atom stereocenters. The number of nitrogens with one attached hydrogen (secondary N) is 1. The van der Waals surface area contributed by atoms with E-state index in [0.29, 0.717) is 32.1 Å². The summed E-state index contributed by atoms with van der Waals surface area (Å²) in [4.78, 5) is 8.52. The SMILES string of the molecule is O=S(=O)(c1cnc[nH]1)N1CCN(c2ccc(C3CC3)nn2)CC1. The average Bonchev–Trinajstić information content (AvgIpc) is 3.28. The highest BCUT2D eigenvalue weighted by Crippen LogP contribution is 2.38. The van der Waals surface area contributed by atoms with Gasteiger partial charge in [0.25, 0.3) is 10.0 Å². The predicted molar refractivity (Wildman–Crippen MR) is 83.6 cm³/mol. The number of rotatable bonds is 4. The number of hydrogen-bond donors (Lipinski definition) is 1. The van der Waals surface area contributed by atoms with Gasteiger partial charge in [0, 0.05) is 32.1 Å². The average molecular weight is 334 g/mol. The van der Waals surface area contributed by atoms with Crippen LogP contribution in [-0.4, -0.2) is 59.1 Å². The lowest BCUT2D eigenvalue weighted by Crippen LogP contribution is -2.49. The van der Waals surface area contributed by atoms with Crippen molar-refractivity contribution in [3.63, 3.8) is 0 Å². The smallest absolute Gasteiger partial charge is 0.260 e. The molecular formula is C14H18N6O2S. The van der Waals surface area contributed by atoms with E-state index in [9.17, 15) is 8.42 Å². The van der Waals surface area contributed by atoms with E-state index in [0.717, 1.165) is 11.5 Å². The molecule has 0 atom stereocenters. The van der Waals surface area contributed by atoms with Crippen molar-refractivity contribution in [2.45, 2.75) is 23.8 Å². The highest BCUT2D eigenvalue weighted by Gasteiger charge is 2.30. The molecule has 0 bridgehead atoms. The van der Waals surface area contributed by atoms with E-state index in [1.54, 1.807) is 0 Å². The van der Waals surface area contributed by atoms with Gasteiger partial charge in [-0.25, -0.2) is 13.4 Å². The Hall–Kier alpha value is -2.00. The molecule has 0 radical (unpaired) electrons. The van der Waals surface area contributed by atoms with Gasteiger partial charge in [0.2, 0.25) is 0 Å². The Morgan fingerprint density at radius 2 is 1.87 bits per heavy atom. The highest BCUT2D eigenvalue weighted by molar-refractivity contribution is 7.89. The van der Waals surface area contributed by atoms with Gasteiger partial charge in [-0.3, -0.25) is 0 Å². The summed E-state index contributed by atoms with van der Waals surface area (Å²) < 4.78 is 26.3. The Balaban J connectivity index is 1.42.